The first-order chi connectivity index (χ1) is 11.6. The van der Waals surface area contributed by atoms with Gasteiger partial charge in [-0.25, -0.2) is 0 Å². The van der Waals surface area contributed by atoms with Crippen LogP contribution in [0.2, 0.25) is 0 Å². The van der Waals surface area contributed by atoms with E-state index in [9.17, 15) is 27.1 Å². The van der Waals surface area contributed by atoms with Crippen molar-refractivity contribution in [1.82, 2.24) is 0 Å². The molecule has 3 nitrogen and oxygen atoms in total. The van der Waals surface area contributed by atoms with Crippen LogP contribution in [0.3, 0.4) is 0 Å². The molecule has 0 saturated heterocycles. The highest BCUT2D eigenvalue weighted by atomic mass is 127. The second kappa shape index (κ2) is 5.71. The molecule has 2 aliphatic rings. The van der Waals surface area contributed by atoms with Gasteiger partial charge >= 0.3 is 12.1 Å². The van der Waals surface area contributed by atoms with Gasteiger partial charge in [0.1, 0.15) is 11.9 Å². The predicted octanol–water partition coefficient (Wildman–Crippen LogP) is 4.23. The second-order valence-corrected chi connectivity index (χ2v) is 6.24. The predicted molar refractivity (Wildman–Crippen MR) is 82.8 cm³/mol. The number of hydrogen-bond donors (Lipinski definition) is 1. The number of ether oxygens (including phenoxy) is 1. The van der Waals surface area contributed by atoms with Crippen molar-refractivity contribution in [3.05, 3.63) is 61.3 Å². The van der Waals surface area contributed by atoms with E-state index in [-0.39, 0.29) is 26.2 Å². The lowest BCUT2D eigenvalue weighted by atomic mass is 9.77. The van der Waals surface area contributed by atoms with Crippen LogP contribution in [-0.2, 0) is 6.18 Å². The first-order valence-electron chi connectivity index (χ1n) is 6.58. The van der Waals surface area contributed by atoms with Gasteiger partial charge in [-0.3, -0.25) is 0 Å². The Balaban J connectivity index is 2.04. The summed E-state index contributed by atoms with van der Waals surface area (Å²) in [6, 6.07) is 4.00. The molecule has 0 amide bonds. The fraction of sp³-hybridized carbons (Fsp3) is 0.188. The smallest absolute Gasteiger partial charge is 0.416 e. The minimum atomic E-state index is -4.69. The molecule has 1 aromatic rings. The van der Waals surface area contributed by atoms with Gasteiger partial charge in [0.05, 0.1) is 26.3 Å². The van der Waals surface area contributed by atoms with Gasteiger partial charge in [0.15, 0.2) is 5.76 Å². The molecule has 1 aromatic carbocycles. The van der Waals surface area contributed by atoms with E-state index in [0.717, 1.165) is 6.07 Å². The summed E-state index contributed by atoms with van der Waals surface area (Å²) in [5.74, 6) is -3.93. The maximum Gasteiger partial charge on any atom is 0.416 e. The molecule has 3 rings (SSSR count). The van der Waals surface area contributed by atoms with Crippen LogP contribution in [0.1, 0.15) is 11.1 Å². The summed E-state index contributed by atoms with van der Waals surface area (Å²) in [4.78, 5) is 0. The van der Waals surface area contributed by atoms with E-state index in [4.69, 9.17) is 10.00 Å². The Kier molecular flexibility index (Phi) is 4.05. The Hall–Kier alpha value is -2.11. The minimum Gasteiger partial charge on any atom is -0.447 e. The molecule has 1 fully saturated rings. The number of alkyl halides is 5. The third-order valence-electron chi connectivity index (χ3n) is 3.54. The van der Waals surface area contributed by atoms with Crippen LogP contribution in [0.15, 0.2) is 50.1 Å². The fourth-order valence-corrected chi connectivity index (χ4v) is 3.12. The van der Waals surface area contributed by atoms with Crippen LogP contribution in [0.25, 0.3) is 0 Å². The van der Waals surface area contributed by atoms with Gasteiger partial charge < -0.3 is 9.84 Å². The molecule has 0 aliphatic heterocycles. The quantitative estimate of drug-likeness (QED) is 0.404. The topological polar surface area (TPSA) is 53.2 Å². The molecule has 0 aromatic heterocycles. The van der Waals surface area contributed by atoms with Gasteiger partial charge in [-0.15, -0.1) is 0 Å². The van der Waals surface area contributed by atoms with Crippen molar-refractivity contribution in [3.63, 3.8) is 0 Å². The summed E-state index contributed by atoms with van der Waals surface area (Å²) < 4.78 is 70.8. The van der Waals surface area contributed by atoms with Crippen LogP contribution in [0.4, 0.5) is 22.0 Å². The Morgan fingerprint density at radius 2 is 1.92 bits per heavy atom. The van der Waals surface area contributed by atoms with Crippen molar-refractivity contribution in [2.24, 2.45) is 0 Å². The number of nitrogens with zero attached hydrogens (tertiary/aromatic N) is 1. The van der Waals surface area contributed by atoms with Gasteiger partial charge in [0.25, 0.3) is 0 Å². The molecule has 1 unspecified atom stereocenters. The maximum absolute atomic E-state index is 13.4. The first kappa shape index (κ1) is 17.7. The third-order valence-corrected chi connectivity index (χ3v) is 4.61. The largest absolute Gasteiger partial charge is 0.447 e. The van der Waals surface area contributed by atoms with Crippen LogP contribution in [0, 0.1) is 11.3 Å². The van der Waals surface area contributed by atoms with Crippen molar-refractivity contribution in [2.45, 2.75) is 18.2 Å². The van der Waals surface area contributed by atoms with E-state index in [1.54, 1.807) is 28.7 Å². The number of aliphatic hydroxyl groups is 1. The molecule has 25 heavy (non-hydrogen) atoms. The molecule has 0 radical (unpaired) electrons. The third kappa shape index (κ3) is 2.87. The average Bonchev–Trinajstić information content (AvgIpc) is 2.54. The molecule has 2 aliphatic carbocycles. The van der Waals surface area contributed by atoms with Gasteiger partial charge in [-0.1, -0.05) is 5.73 Å². The van der Waals surface area contributed by atoms with E-state index in [1.807, 2.05) is 0 Å². The van der Waals surface area contributed by atoms with E-state index in [0.29, 0.717) is 12.1 Å². The summed E-state index contributed by atoms with van der Waals surface area (Å²) in [6.45, 7) is 0. The SMILES string of the molecule is N#Cc1cc(OC2=C=C=C3C(=C2I)C(O)C3(F)F)cc(C(F)(F)F)c1. The molecular weight excluding hydrogens is 460 g/mol. The normalized spacial score (nSPS) is 21.0. The molecule has 9 heteroatoms. The van der Waals surface area contributed by atoms with Crippen molar-refractivity contribution in [3.8, 4) is 11.8 Å². The molecule has 128 valence electrons. The van der Waals surface area contributed by atoms with Gasteiger partial charge in [-0.2, -0.15) is 27.2 Å². The summed E-state index contributed by atoms with van der Waals surface area (Å²) >= 11 is 1.63. The molecule has 1 saturated carbocycles. The highest BCUT2D eigenvalue weighted by Gasteiger charge is 2.59. The van der Waals surface area contributed by atoms with Gasteiger partial charge in [0.2, 0.25) is 0 Å². The molecule has 0 heterocycles. The van der Waals surface area contributed by atoms with E-state index < -0.39 is 29.3 Å². The van der Waals surface area contributed by atoms with Crippen LogP contribution < -0.4 is 4.74 Å². The average molecular weight is 465 g/mol. The zero-order chi connectivity index (χ0) is 18.6. The maximum atomic E-state index is 13.4. The zero-order valence-electron chi connectivity index (χ0n) is 11.9. The Morgan fingerprint density at radius 3 is 2.52 bits per heavy atom. The lowest BCUT2D eigenvalue weighted by Crippen LogP contribution is -2.49. The first-order valence-corrected chi connectivity index (χ1v) is 7.66. The fourth-order valence-electron chi connectivity index (χ4n) is 2.31. The monoisotopic (exact) mass is 465 g/mol. The van der Waals surface area contributed by atoms with E-state index in [2.05, 4.69) is 11.5 Å². The highest BCUT2D eigenvalue weighted by molar-refractivity contribution is 14.1. The zero-order valence-corrected chi connectivity index (χ0v) is 14.0. The Morgan fingerprint density at radius 1 is 1.24 bits per heavy atom. The highest BCUT2D eigenvalue weighted by Crippen LogP contribution is 2.51. The lowest BCUT2D eigenvalue weighted by molar-refractivity contribution is -0.137. The molecule has 1 N–H and O–H groups in total. The number of hydrogen-bond acceptors (Lipinski definition) is 3. The number of allylic oxidation sites excluding steroid dienone is 1. The second-order valence-electron chi connectivity index (χ2n) is 5.16. The summed E-state index contributed by atoms with van der Waals surface area (Å²) in [6.07, 6.45) is -6.73. The number of benzene rings is 1. The molecular formula is C16H5F5INO2. The van der Waals surface area contributed by atoms with Crippen LogP contribution in [-0.4, -0.2) is 17.1 Å². The minimum absolute atomic E-state index is 0.0840. The number of fused-ring (bicyclic) bond motifs is 1. The summed E-state index contributed by atoms with van der Waals surface area (Å²) in [7, 11) is 0. The number of rotatable bonds is 2. The molecule has 1 atom stereocenters. The van der Waals surface area contributed by atoms with Crippen LogP contribution in [0.5, 0.6) is 5.75 Å². The van der Waals surface area contributed by atoms with Crippen molar-refractivity contribution in [1.29, 1.82) is 5.26 Å². The van der Waals surface area contributed by atoms with Crippen LogP contribution >= 0.6 is 22.6 Å². The van der Waals surface area contributed by atoms with E-state index >= 15 is 0 Å². The Labute approximate surface area is 151 Å². The van der Waals surface area contributed by atoms with E-state index in [1.165, 1.54) is 0 Å². The van der Waals surface area contributed by atoms with Gasteiger partial charge in [0, 0.05) is 5.57 Å². The summed E-state index contributed by atoms with van der Waals surface area (Å²) in [5, 5.41) is 18.3. The number of halogens is 6. The van der Waals surface area contributed by atoms with Gasteiger partial charge in [-0.05, 0) is 46.5 Å². The lowest BCUT2D eigenvalue weighted by Gasteiger charge is -2.38. The van der Waals surface area contributed by atoms with Crippen molar-refractivity contribution < 1.29 is 31.8 Å². The van der Waals surface area contributed by atoms with Crippen molar-refractivity contribution in [2.75, 3.05) is 0 Å². The standard InChI is InChI=1S/C16H5F5INO2/c17-15(18)10-1-2-11(13(22)12(10)14(15)24)25-9-4-7(6-23)3-8(5-9)16(19,20)21/h3-5,14,24H. The molecule has 0 bridgehead atoms. The number of nitriles is 1. The summed E-state index contributed by atoms with van der Waals surface area (Å²) in [5.41, 5.74) is 2.47. The Bertz CT molecular complexity index is 958. The molecule has 0 spiro atoms. The number of aliphatic hydroxyl groups excluding tert-OH is 1. The van der Waals surface area contributed by atoms with Crippen molar-refractivity contribution >= 4 is 22.6 Å².